The summed E-state index contributed by atoms with van der Waals surface area (Å²) in [6.07, 6.45) is 23.5. The number of aryl methyl sites for hydroxylation is 1. The Morgan fingerprint density at radius 3 is 2.40 bits per heavy atom. The summed E-state index contributed by atoms with van der Waals surface area (Å²) in [5.74, 6) is 0.963. The first kappa shape index (κ1) is 28.0. The van der Waals surface area contributed by atoms with Crippen molar-refractivity contribution < 1.29 is 0 Å². The molecule has 1 heterocycles. The van der Waals surface area contributed by atoms with Crippen LogP contribution in [0.25, 0.3) is 23.3 Å². The van der Waals surface area contributed by atoms with Gasteiger partial charge in [-0.25, -0.2) is 0 Å². The molecule has 5 aliphatic carbocycles. The van der Waals surface area contributed by atoms with E-state index in [4.69, 9.17) is 0 Å². The van der Waals surface area contributed by atoms with Gasteiger partial charge in [0.05, 0.1) is 11.7 Å². The van der Waals surface area contributed by atoms with Gasteiger partial charge in [-0.05, 0) is 99.9 Å². The maximum atomic E-state index is 2.65. The molecule has 5 aromatic rings. The smallest absolute Gasteiger partial charge is 0.0646 e. The van der Waals surface area contributed by atoms with Crippen LogP contribution in [0.1, 0.15) is 51.6 Å². The first-order chi connectivity index (χ1) is 24.8. The third-order valence-corrected chi connectivity index (χ3v) is 11.8. The Kier molecular flexibility index (Phi) is 6.07. The third-order valence-electron chi connectivity index (χ3n) is 11.8. The number of fused-ring (bicyclic) bond motifs is 9. The molecule has 0 fully saturated rings. The predicted octanol–water partition coefficient (Wildman–Crippen LogP) is 11.5. The van der Waals surface area contributed by atoms with Crippen LogP contribution in [-0.2, 0) is 6.42 Å². The standard InChI is InChI=1S/C48H36N2/c1-2-16-35(17-3-1)49(44-23-11-21-42-47(44)41-20-10-15-34-28-33-14-6-7-18-38(33)48(42)46(34)41)37-26-27-40-39-19-8-9-22-43(39)50(45(40)30-37)36-25-24-31-12-4-5-13-32(31)29-36/h1-23,26-30,38,40,45,48H,24-25H2. The van der Waals surface area contributed by atoms with Crippen molar-refractivity contribution in [3.8, 4) is 11.1 Å². The summed E-state index contributed by atoms with van der Waals surface area (Å²) in [6.45, 7) is 0. The molecule has 50 heavy (non-hydrogen) atoms. The molecule has 0 aromatic heterocycles. The maximum Gasteiger partial charge on any atom is 0.0646 e. The first-order valence-corrected chi connectivity index (χ1v) is 18.1. The second-order valence-electron chi connectivity index (χ2n) is 14.3. The van der Waals surface area contributed by atoms with Crippen molar-refractivity contribution in [3.05, 3.63) is 208 Å². The van der Waals surface area contributed by atoms with E-state index >= 15 is 0 Å². The van der Waals surface area contributed by atoms with E-state index in [2.05, 4.69) is 180 Å². The molecule has 0 radical (unpaired) electrons. The summed E-state index contributed by atoms with van der Waals surface area (Å²) in [4.78, 5) is 5.17. The lowest BCUT2D eigenvalue weighted by Gasteiger charge is -2.36. The molecule has 2 nitrogen and oxygen atoms in total. The zero-order valence-corrected chi connectivity index (χ0v) is 27.8. The highest BCUT2D eigenvalue weighted by Gasteiger charge is 2.43. The highest BCUT2D eigenvalue weighted by Crippen LogP contribution is 2.58. The molecule has 0 bridgehead atoms. The molecule has 238 valence electrons. The van der Waals surface area contributed by atoms with E-state index in [0.29, 0.717) is 17.8 Å². The maximum absolute atomic E-state index is 2.65. The van der Waals surface area contributed by atoms with Crippen molar-refractivity contribution in [3.63, 3.8) is 0 Å². The summed E-state index contributed by atoms with van der Waals surface area (Å²) in [5, 5.41) is 0. The fraction of sp³-hybridized carbons (Fsp3) is 0.125. The van der Waals surface area contributed by atoms with E-state index < -0.39 is 0 Å². The van der Waals surface area contributed by atoms with Gasteiger partial charge in [-0.3, -0.25) is 0 Å². The van der Waals surface area contributed by atoms with Crippen molar-refractivity contribution in [1.29, 1.82) is 0 Å². The van der Waals surface area contributed by atoms with Gasteiger partial charge in [0.25, 0.3) is 0 Å². The number of anilines is 3. The zero-order chi connectivity index (χ0) is 32.8. The largest absolute Gasteiger partial charge is 0.337 e. The minimum Gasteiger partial charge on any atom is -0.337 e. The van der Waals surface area contributed by atoms with Gasteiger partial charge in [-0.15, -0.1) is 0 Å². The van der Waals surface area contributed by atoms with Gasteiger partial charge in [-0.1, -0.05) is 127 Å². The molecule has 4 atom stereocenters. The Bertz CT molecular complexity index is 2420. The summed E-state index contributed by atoms with van der Waals surface area (Å²) < 4.78 is 0. The van der Waals surface area contributed by atoms with Crippen LogP contribution in [0.3, 0.4) is 0 Å². The van der Waals surface area contributed by atoms with Gasteiger partial charge < -0.3 is 9.80 Å². The molecule has 1 aliphatic heterocycles. The van der Waals surface area contributed by atoms with Crippen LogP contribution in [0.5, 0.6) is 0 Å². The lowest BCUT2D eigenvalue weighted by Crippen LogP contribution is -2.35. The van der Waals surface area contributed by atoms with Crippen LogP contribution in [0.4, 0.5) is 17.1 Å². The van der Waals surface area contributed by atoms with Crippen molar-refractivity contribution in [1.82, 2.24) is 0 Å². The van der Waals surface area contributed by atoms with E-state index in [9.17, 15) is 0 Å². The molecule has 0 N–H and O–H groups in total. The second-order valence-corrected chi connectivity index (χ2v) is 14.3. The number of rotatable bonds is 4. The lowest BCUT2D eigenvalue weighted by molar-refractivity contribution is 0.666. The van der Waals surface area contributed by atoms with Gasteiger partial charge in [0, 0.05) is 46.1 Å². The van der Waals surface area contributed by atoms with Crippen LogP contribution >= 0.6 is 0 Å². The van der Waals surface area contributed by atoms with Gasteiger partial charge in [-0.2, -0.15) is 0 Å². The SMILES string of the molecule is C1=CC2=Cc3cccc4c3C(c3cccc(N(C5=CC6C(C=C5)c5ccccc5N6C5=Cc6ccccc6CC5)c5ccccc5)c3-4)C2C=C1. The highest BCUT2D eigenvalue weighted by atomic mass is 15.2. The topological polar surface area (TPSA) is 6.48 Å². The number of nitrogens with zero attached hydrogens (tertiary/aromatic N) is 2. The van der Waals surface area contributed by atoms with Crippen LogP contribution in [-0.4, -0.2) is 6.04 Å². The van der Waals surface area contributed by atoms with Gasteiger partial charge in [0.1, 0.15) is 0 Å². The zero-order valence-electron chi connectivity index (χ0n) is 27.8. The first-order valence-electron chi connectivity index (χ1n) is 18.1. The van der Waals surface area contributed by atoms with Gasteiger partial charge >= 0.3 is 0 Å². The minimum atomic E-state index is 0.187. The summed E-state index contributed by atoms with van der Waals surface area (Å²) >= 11 is 0. The lowest BCUT2D eigenvalue weighted by atomic mass is 9.72. The van der Waals surface area contributed by atoms with E-state index in [1.54, 1.807) is 0 Å². The van der Waals surface area contributed by atoms with Crippen LogP contribution in [0.15, 0.2) is 175 Å². The Labute approximate surface area is 294 Å². The summed E-state index contributed by atoms with van der Waals surface area (Å²) in [7, 11) is 0. The molecule has 0 saturated heterocycles. The average Bonchev–Trinajstić information content (AvgIpc) is 3.70. The molecule has 0 amide bonds. The predicted molar refractivity (Wildman–Crippen MR) is 207 cm³/mol. The Morgan fingerprint density at radius 2 is 1.44 bits per heavy atom. The van der Waals surface area contributed by atoms with Crippen molar-refractivity contribution in [2.45, 2.75) is 30.7 Å². The fourth-order valence-corrected chi connectivity index (χ4v) is 9.73. The van der Waals surface area contributed by atoms with E-state index in [1.807, 2.05) is 0 Å². The molecule has 5 aromatic carbocycles. The normalized spacial score (nSPS) is 22.7. The number of benzene rings is 5. The highest BCUT2D eigenvalue weighted by molar-refractivity contribution is 5.95. The number of hydrogen-bond acceptors (Lipinski definition) is 2. The Balaban J connectivity index is 1.09. The summed E-state index contributed by atoms with van der Waals surface area (Å²) in [5.41, 5.74) is 19.0. The quantitative estimate of drug-likeness (QED) is 0.193. The molecule has 11 rings (SSSR count). The van der Waals surface area contributed by atoms with E-state index in [0.717, 1.165) is 12.8 Å². The van der Waals surface area contributed by atoms with Crippen LogP contribution < -0.4 is 9.80 Å². The van der Waals surface area contributed by atoms with Crippen LogP contribution in [0.2, 0.25) is 0 Å². The number of hydrogen-bond donors (Lipinski definition) is 0. The molecular weight excluding hydrogens is 605 g/mol. The number of allylic oxidation sites excluding steroid dienone is 7. The molecule has 0 saturated carbocycles. The van der Waals surface area contributed by atoms with E-state index in [-0.39, 0.29) is 6.04 Å². The van der Waals surface area contributed by atoms with Gasteiger partial charge in [0.15, 0.2) is 0 Å². The Hall–Kier alpha value is -5.86. The van der Waals surface area contributed by atoms with Crippen molar-refractivity contribution >= 4 is 29.2 Å². The Morgan fingerprint density at radius 1 is 0.620 bits per heavy atom. The minimum absolute atomic E-state index is 0.187. The van der Waals surface area contributed by atoms with Crippen LogP contribution in [0, 0.1) is 5.92 Å². The van der Waals surface area contributed by atoms with E-state index in [1.165, 1.54) is 78.5 Å². The third kappa shape index (κ3) is 4.02. The van der Waals surface area contributed by atoms with Crippen molar-refractivity contribution in [2.24, 2.45) is 5.92 Å². The number of para-hydroxylation sites is 2. The molecular formula is C48H36N2. The molecule has 6 aliphatic rings. The van der Waals surface area contributed by atoms with Gasteiger partial charge in [0.2, 0.25) is 0 Å². The molecule has 2 heteroatoms. The van der Waals surface area contributed by atoms with Crippen molar-refractivity contribution in [2.75, 3.05) is 9.80 Å². The summed E-state index contributed by atoms with van der Waals surface area (Å²) in [6, 6.07) is 43.0. The average molecular weight is 641 g/mol. The fourth-order valence-electron chi connectivity index (χ4n) is 9.73. The monoisotopic (exact) mass is 640 g/mol. The molecule has 4 unspecified atom stereocenters. The molecule has 0 spiro atoms. The second kappa shape index (κ2) is 10.8.